The monoisotopic (exact) mass is 387 g/mol. The van der Waals surface area contributed by atoms with E-state index in [0.717, 1.165) is 16.9 Å². The first-order chi connectivity index (χ1) is 14.0. The Morgan fingerprint density at radius 3 is 1.86 bits per heavy atom. The van der Waals surface area contributed by atoms with Crippen molar-refractivity contribution in [1.29, 1.82) is 0 Å². The van der Waals surface area contributed by atoms with Gasteiger partial charge in [-0.3, -0.25) is 4.90 Å². The summed E-state index contributed by atoms with van der Waals surface area (Å²) in [5.74, 6) is 1.44. The molecule has 0 heterocycles. The van der Waals surface area contributed by atoms with Gasteiger partial charge < -0.3 is 9.84 Å². The molecule has 0 atom stereocenters. The first-order valence-corrected chi connectivity index (χ1v) is 9.92. The molecule has 3 nitrogen and oxygen atoms in total. The summed E-state index contributed by atoms with van der Waals surface area (Å²) in [6.45, 7) is 4.98. The highest BCUT2D eigenvalue weighted by Crippen LogP contribution is 2.37. The van der Waals surface area contributed by atoms with E-state index in [0.29, 0.717) is 12.6 Å². The third-order valence-corrected chi connectivity index (χ3v) is 4.72. The van der Waals surface area contributed by atoms with Gasteiger partial charge in [0.25, 0.3) is 0 Å². The van der Waals surface area contributed by atoms with Gasteiger partial charge in [0.2, 0.25) is 0 Å². The summed E-state index contributed by atoms with van der Waals surface area (Å²) in [4.78, 5) is 1.99. The number of phenolic OH excluding ortho intramolecular Hbond substituents is 1. The second-order valence-electron chi connectivity index (χ2n) is 7.73. The molecule has 0 aliphatic rings. The predicted octanol–water partition coefficient (Wildman–Crippen LogP) is 5.91. The van der Waals surface area contributed by atoms with E-state index >= 15 is 0 Å². The van der Waals surface area contributed by atoms with Crippen LogP contribution in [-0.2, 0) is 0 Å². The molecule has 0 saturated carbocycles. The fourth-order valence-corrected chi connectivity index (χ4v) is 3.41. The standard InChI is InChI=1S/C26H29NO2/c1-19(2)25(20-8-6-5-7-9-20)26(21-10-14-23(28)15-11-21)22-12-16-24(17-13-22)29-18-27(3)4/h5-17,19,28H,18H2,1-4H3/b26-25+. The average molecular weight is 388 g/mol. The molecule has 3 rings (SSSR count). The van der Waals surface area contributed by atoms with Gasteiger partial charge in [0.15, 0.2) is 0 Å². The highest BCUT2D eigenvalue weighted by atomic mass is 16.5. The number of allylic oxidation sites excluding steroid dienone is 1. The first kappa shape index (κ1) is 20.7. The van der Waals surface area contributed by atoms with Crippen molar-refractivity contribution in [2.75, 3.05) is 20.8 Å². The Morgan fingerprint density at radius 2 is 1.34 bits per heavy atom. The van der Waals surface area contributed by atoms with E-state index in [2.05, 4.69) is 50.2 Å². The van der Waals surface area contributed by atoms with Gasteiger partial charge in [0.1, 0.15) is 18.2 Å². The van der Waals surface area contributed by atoms with Gasteiger partial charge in [0.05, 0.1) is 0 Å². The van der Waals surface area contributed by atoms with Crippen molar-refractivity contribution in [1.82, 2.24) is 4.90 Å². The zero-order chi connectivity index (χ0) is 20.8. The number of rotatable bonds is 7. The molecule has 0 saturated heterocycles. The third kappa shape index (κ3) is 5.27. The molecule has 3 aromatic carbocycles. The lowest BCUT2D eigenvalue weighted by Crippen LogP contribution is -2.18. The molecule has 3 aromatic rings. The second kappa shape index (κ2) is 9.44. The van der Waals surface area contributed by atoms with Crippen LogP contribution >= 0.6 is 0 Å². The lowest BCUT2D eigenvalue weighted by molar-refractivity contribution is 0.179. The molecule has 3 heteroatoms. The van der Waals surface area contributed by atoms with Crippen molar-refractivity contribution in [3.05, 3.63) is 95.6 Å². The molecular weight excluding hydrogens is 358 g/mol. The summed E-state index contributed by atoms with van der Waals surface area (Å²) in [5, 5.41) is 9.78. The van der Waals surface area contributed by atoms with Crippen molar-refractivity contribution < 1.29 is 9.84 Å². The van der Waals surface area contributed by atoms with Crippen LogP contribution in [0.3, 0.4) is 0 Å². The molecule has 0 aromatic heterocycles. The van der Waals surface area contributed by atoms with Crippen molar-refractivity contribution in [3.63, 3.8) is 0 Å². The topological polar surface area (TPSA) is 32.7 Å². The maximum atomic E-state index is 9.78. The zero-order valence-electron chi connectivity index (χ0n) is 17.6. The van der Waals surface area contributed by atoms with Gasteiger partial charge in [-0.05, 0) is 72.1 Å². The van der Waals surface area contributed by atoms with Crippen LogP contribution < -0.4 is 4.74 Å². The lowest BCUT2D eigenvalue weighted by atomic mass is 9.84. The van der Waals surface area contributed by atoms with Crippen LogP contribution in [-0.4, -0.2) is 30.8 Å². The molecule has 0 aliphatic carbocycles. The van der Waals surface area contributed by atoms with Crippen LogP contribution in [0.4, 0.5) is 0 Å². The molecule has 0 radical (unpaired) electrons. The van der Waals surface area contributed by atoms with Crippen LogP contribution in [0.15, 0.2) is 78.9 Å². The van der Waals surface area contributed by atoms with Crippen LogP contribution in [0.1, 0.15) is 30.5 Å². The van der Waals surface area contributed by atoms with Gasteiger partial charge in [0, 0.05) is 0 Å². The van der Waals surface area contributed by atoms with Crippen molar-refractivity contribution in [3.8, 4) is 11.5 Å². The van der Waals surface area contributed by atoms with Gasteiger partial charge in [-0.25, -0.2) is 0 Å². The quantitative estimate of drug-likeness (QED) is 0.404. The van der Waals surface area contributed by atoms with Crippen molar-refractivity contribution >= 4 is 11.1 Å². The minimum absolute atomic E-state index is 0.270. The SMILES string of the molecule is CC(C)/C(=C(/c1ccc(O)cc1)c1ccc(OCN(C)C)cc1)c1ccccc1. The van der Waals surface area contributed by atoms with Crippen molar-refractivity contribution in [2.45, 2.75) is 13.8 Å². The van der Waals surface area contributed by atoms with Crippen LogP contribution in [0, 0.1) is 5.92 Å². The number of phenols is 1. The molecule has 0 bridgehead atoms. The predicted molar refractivity (Wildman–Crippen MR) is 121 cm³/mol. The number of ether oxygens (including phenoxy) is 1. The Morgan fingerprint density at radius 1 is 0.793 bits per heavy atom. The Bertz CT molecular complexity index is 940. The molecule has 0 spiro atoms. The normalized spacial score (nSPS) is 12.2. The molecular formula is C26H29NO2. The lowest BCUT2D eigenvalue weighted by Gasteiger charge is -2.21. The minimum Gasteiger partial charge on any atom is -0.508 e. The van der Waals surface area contributed by atoms with E-state index in [4.69, 9.17) is 4.74 Å². The molecule has 0 fully saturated rings. The third-order valence-electron chi connectivity index (χ3n) is 4.72. The maximum absolute atomic E-state index is 9.78. The summed E-state index contributed by atoms with van der Waals surface area (Å²) in [5.41, 5.74) is 5.86. The molecule has 0 unspecified atom stereocenters. The van der Waals surface area contributed by atoms with Crippen LogP contribution in [0.2, 0.25) is 0 Å². The smallest absolute Gasteiger partial charge is 0.141 e. The molecule has 0 aliphatic heterocycles. The average Bonchev–Trinajstić information content (AvgIpc) is 2.72. The molecule has 29 heavy (non-hydrogen) atoms. The molecule has 0 amide bonds. The summed E-state index contributed by atoms with van der Waals surface area (Å²) >= 11 is 0. The van der Waals surface area contributed by atoms with Gasteiger partial charge in [-0.2, -0.15) is 0 Å². The summed E-state index contributed by atoms with van der Waals surface area (Å²) in [6.07, 6.45) is 0. The van der Waals surface area contributed by atoms with E-state index in [1.807, 2.05) is 49.3 Å². The first-order valence-electron chi connectivity index (χ1n) is 9.92. The number of benzene rings is 3. The Labute approximate surface area is 173 Å². The summed E-state index contributed by atoms with van der Waals surface area (Å²) in [7, 11) is 3.96. The Kier molecular flexibility index (Phi) is 6.73. The number of hydrogen-bond donors (Lipinski definition) is 1. The van der Waals surface area contributed by atoms with E-state index in [9.17, 15) is 5.11 Å². The van der Waals surface area contributed by atoms with Crippen LogP contribution in [0.5, 0.6) is 11.5 Å². The van der Waals surface area contributed by atoms with Crippen molar-refractivity contribution in [2.24, 2.45) is 5.92 Å². The zero-order valence-corrected chi connectivity index (χ0v) is 17.6. The number of aromatic hydroxyl groups is 1. The summed E-state index contributed by atoms with van der Waals surface area (Å²) in [6, 6.07) is 26.2. The fourth-order valence-electron chi connectivity index (χ4n) is 3.41. The van der Waals surface area contributed by atoms with Gasteiger partial charge in [-0.1, -0.05) is 68.4 Å². The highest BCUT2D eigenvalue weighted by molar-refractivity contribution is 5.99. The van der Waals surface area contributed by atoms with Crippen LogP contribution in [0.25, 0.3) is 11.1 Å². The van der Waals surface area contributed by atoms with E-state index < -0.39 is 0 Å². The molecule has 150 valence electrons. The van der Waals surface area contributed by atoms with E-state index in [-0.39, 0.29) is 5.75 Å². The van der Waals surface area contributed by atoms with E-state index in [1.54, 1.807) is 12.1 Å². The van der Waals surface area contributed by atoms with Gasteiger partial charge in [-0.15, -0.1) is 0 Å². The maximum Gasteiger partial charge on any atom is 0.141 e. The van der Waals surface area contributed by atoms with Gasteiger partial charge >= 0.3 is 0 Å². The minimum atomic E-state index is 0.270. The summed E-state index contributed by atoms with van der Waals surface area (Å²) < 4.78 is 5.79. The molecule has 1 N–H and O–H groups in total. The Balaban J connectivity index is 2.14. The number of hydrogen-bond acceptors (Lipinski definition) is 3. The Hall–Kier alpha value is -3.04. The largest absolute Gasteiger partial charge is 0.508 e. The fraction of sp³-hybridized carbons (Fsp3) is 0.231. The van der Waals surface area contributed by atoms with E-state index in [1.165, 1.54) is 16.7 Å². The second-order valence-corrected chi connectivity index (χ2v) is 7.73. The highest BCUT2D eigenvalue weighted by Gasteiger charge is 2.17. The number of nitrogens with zero attached hydrogens (tertiary/aromatic N) is 1.